The number of benzene rings is 2. The largest absolute Gasteiger partial charge is 0.497 e. The van der Waals surface area contributed by atoms with Gasteiger partial charge in [0.15, 0.2) is 5.13 Å². The molecule has 1 fully saturated rings. The number of hydrogen-bond donors (Lipinski definition) is 0. The lowest BCUT2D eigenvalue weighted by Gasteiger charge is -2.34. The van der Waals surface area contributed by atoms with Crippen molar-refractivity contribution in [1.29, 1.82) is 0 Å². The van der Waals surface area contributed by atoms with E-state index in [-0.39, 0.29) is 4.90 Å². The van der Waals surface area contributed by atoms with Crippen molar-refractivity contribution in [1.82, 2.24) is 9.29 Å². The lowest BCUT2D eigenvalue weighted by atomic mass is 10.1. The van der Waals surface area contributed by atoms with Crippen molar-refractivity contribution in [3.05, 3.63) is 64.7 Å². The highest BCUT2D eigenvalue weighted by Gasteiger charge is 2.32. The Labute approximate surface area is 206 Å². The van der Waals surface area contributed by atoms with Crippen LogP contribution in [0.5, 0.6) is 11.5 Å². The number of thiazole rings is 1. The van der Waals surface area contributed by atoms with Crippen LogP contribution in [0.1, 0.15) is 30.2 Å². The van der Waals surface area contributed by atoms with Crippen LogP contribution in [0.2, 0.25) is 0 Å². The lowest BCUT2D eigenvalue weighted by Crippen LogP contribution is -2.48. The maximum absolute atomic E-state index is 13.3. The third kappa shape index (κ3) is 5.37. The summed E-state index contributed by atoms with van der Waals surface area (Å²) < 4.78 is 38.6. The van der Waals surface area contributed by atoms with Gasteiger partial charge >= 0.3 is 0 Å². The average molecular weight is 502 g/mol. The smallest absolute Gasteiger partial charge is 0.247 e. The zero-order valence-electron chi connectivity index (χ0n) is 19.9. The minimum absolute atomic E-state index is 0.129. The summed E-state index contributed by atoms with van der Waals surface area (Å²) in [6.07, 6.45) is 3.05. The zero-order chi connectivity index (χ0) is 24.1. The van der Waals surface area contributed by atoms with Crippen LogP contribution in [-0.4, -0.2) is 58.1 Å². The number of aromatic nitrogens is 1. The summed E-state index contributed by atoms with van der Waals surface area (Å²) in [7, 11) is -0.716. The molecule has 34 heavy (non-hydrogen) atoms. The van der Waals surface area contributed by atoms with Crippen LogP contribution in [0.3, 0.4) is 0 Å². The lowest BCUT2D eigenvalue weighted by molar-refractivity contribution is 0.370. The normalized spacial score (nSPS) is 14.9. The maximum Gasteiger partial charge on any atom is 0.247 e. The molecule has 9 heteroatoms. The zero-order valence-corrected chi connectivity index (χ0v) is 21.5. The van der Waals surface area contributed by atoms with Crippen molar-refractivity contribution in [2.45, 2.75) is 31.1 Å². The molecule has 0 amide bonds. The number of ether oxygens (including phenoxy) is 2. The van der Waals surface area contributed by atoms with Crippen LogP contribution in [0.15, 0.2) is 52.7 Å². The molecule has 2 aromatic carbocycles. The van der Waals surface area contributed by atoms with E-state index in [0.29, 0.717) is 37.7 Å². The second-order valence-electron chi connectivity index (χ2n) is 8.27. The Hall–Kier alpha value is -2.62. The summed E-state index contributed by atoms with van der Waals surface area (Å²) in [5, 5.41) is 3.04. The molecule has 0 saturated carbocycles. The first kappa shape index (κ1) is 24.5. The van der Waals surface area contributed by atoms with Crippen molar-refractivity contribution < 1.29 is 17.9 Å². The Kier molecular flexibility index (Phi) is 7.75. The Bertz CT molecular complexity index is 1200. The summed E-state index contributed by atoms with van der Waals surface area (Å²) in [5.41, 5.74) is 3.66. The Morgan fingerprint density at radius 2 is 1.68 bits per heavy atom. The molecule has 3 aromatic rings. The number of anilines is 1. The van der Waals surface area contributed by atoms with E-state index >= 15 is 0 Å². The number of hydrogen-bond acceptors (Lipinski definition) is 7. The molecule has 0 radical (unpaired) electrons. The van der Waals surface area contributed by atoms with Gasteiger partial charge in [0.25, 0.3) is 0 Å². The second kappa shape index (κ2) is 10.8. The van der Waals surface area contributed by atoms with Gasteiger partial charge < -0.3 is 14.4 Å². The summed E-state index contributed by atoms with van der Waals surface area (Å²) in [4.78, 5) is 7.11. The van der Waals surface area contributed by atoms with Gasteiger partial charge in [0.05, 0.1) is 19.9 Å². The van der Waals surface area contributed by atoms with Crippen molar-refractivity contribution in [3.8, 4) is 11.5 Å². The SMILES string of the molecule is CCCc1ccc(Cc2csc(N3CCN(S(=O)(=O)c4cc(OC)ccc4OC)CC3)n2)cc1. The molecule has 4 rings (SSSR count). The molecule has 182 valence electrons. The number of rotatable bonds is 9. The minimum atomic E-state index is -3.70. The summed E-state index contributed by atoms with van der Waals surface area (Å²) in [6, 6.07) is 13.6. The third-order valence-corrected chi connectivity index (χ3v) is 8.85. The monoisotopic (exact) mass is 501 g/mol. The Morgan fingerprint density at radius 3 is 2.32 bits per heavy atom. The van der Waals surface area contributed by atoms with Crippen LogP contribution in [0.4, 0.5) is 5.13 Å². The third-order valence-electron chi connectivity index (χ3n) is 5.98. The summed E-state index contributed by atoms with van der Waals surface area (Å²) >= 11 is 1.61. The van der Waals surface area contributed by atoms with Gasteiger partial charge in [-0.15, -0.1) is 11.3 Å². The molecule has 0 spiro atoms. The predicted molar refractivity (Wildman–Crippen MR) is 136 cm³/mol. The standard InChI is InChI=1S/C25H31N3O4S2/c1-4-5-19-6-8-20(9-7-19)16-21-18-33-25(26-21)27-12-14-28(15-13-27)34(29,30)24-17-22(31-2)10-11-23(24)32-3/h6-11,17-18H,4-5,12-16H2,1-3H3. The van der Waals surface area contributed by atoms with Gasteiger partial charge in [-0.25, -0.2) is 13.4 Å². The van der Waals surface area contributed by atoms with E-state index in [4.69, 9.17) is 14.5 Å². The summed E-state index contributed by atoms with van der Waals surface area (Å²) in [5.74, 6) is 0.795. The molecular weight excluding hydrogens is 470 g/mol. The minimum Gasteiger partial charge on any atom is -0.497 e. The molecule has 0 atom stereocenters. The van der Waals surface area contributed by atoms with Gasteiger partial charge in [-0.1, -0.05) is 37.6 Å². The van der Waals surface area contributed by atoms with E-state index < -0.39 is 10.0 Å². The molecule has 7 nitrogen and oxygen atoms in total. The molecular formula is C25H31N3O4S2. The number of methoxy groups -OCH3 is 2. The molecule has 1 aliphatic heterocycles. The van der Waals surface area contributed by atoms with Crippen LogP contribution in [-0.2, 0) is 22.9 Å². The number of nitrogens with zero attached hydrogens (tertiary/aromatic N) is 3. The maximum atomic E-state index is 13.3. The fraction of sp³-hybridized carbons (Fsp3) is 0.400. The van der Waals surface area contributed by atoms with Crippen LogP contribution in [0.25, 0.3) is 0 Å². The van der Waals surface area contributed by atoms with Gasteiger partial charge in [-0.2, -0.15) is 4.31 Å². The first-order valence-corrected chi connectivity index (χ1v) is 13.8. The number of sulfonamides is 1. The molecule has 0 N–H and O–H groups in total. The van der Waals surface area contributed by atoms with Crippen molar-refractivity contribution in [2.75, 3.05) is 45.3 Å². The van der Waals surface area contributed by atoms with Crippen LogP contribution in [0, 0.1) is 0 Å². The van der Waals surface area contributed by atoms with Crippen molar-refractivity contribution in [3.63, 3.8) is 0 Å². The van der Waals surface area contributed by atoms with Crippen molar-refractivity contribution >= 4 is 26.5 Å². The molecule has 0 bridgehead atoms. The fourth-order valence-corrected chi connectivity index (χ4v) is 6.56. The second-order valence-corrected chi connectivity index (χ2v) is 11.0. The van der Waals surface area contributed by atoms with Gasteiger partial charge in [0, 0.05) is 44.0 Å². The highest BCUT2D eigenvalue weighted by molar-refractivity contribution is 7.89. The molecule has 1 saturated heterocycles. The van der Waals surface area contributed by atoms with E-state index in [9.17, 15) is 8.42 Å². The van der Waals surface area contributed by atoms with E-state index in [1.807, 2.05) is 0 Å². The van der Waals surface area contributed by atoms with Gasteiger partial charge in [0.2, 0.25) is 10.0 Å². The highest BCUT2D eigenvalue weighted by atomic mass is 32.2. The molecule has 0 unspecified atom stereocenters. The van der Waals surface area contributed by atoms with Crippen LogP contribution >= 0.6 is 11.3 Å². The van der Waals surface area contributed by atoms with E-state index in [1.54, 1.807) is 23.5 Å². The first-order valence-electron chi connectivity index (χ1n) is 11.4. The topological polar surface area (TPSA) is 72.0 Å². The fourth-order valence-electron chi connectivity index (χ4n) is 4.09. The number of aryl methyl sites for hydroxylation is 1. The number of piperazine rings is 1. The van der Waals surface area contributed by atoms with Crippen LogP contribution < -0.4 is 14.4 Å². The average Bonchev–Trinajstić information content (AvgIpc) is 3.33. The van der Waals surface area contributed by atoms with Gasteiger partial charge in [-0.05, 0) is 29.7 Å². The molecule has 1 aliphatic rings. The van der Waals surface area contributed by atoms with Crippen molar-refractivity contribution in [2.24, 2.45) is 0 Å². The Balaban J connectivity index is 1.40. The van der Waals surface area contributed by atoms with E-state index in [1.165, 1.54) is 35.7 Å². The highest BCUT2D eigenvalue weighted by Crippen LogP contribution is 2.32. The molecule has 0 aliphatic carbocycles. The first-order chi connectivity index (χ1) is 16.4. The predicted octanol–water partition coefficient (Wildman–Crippen LogP) is 4.21. The molecule has 1 aromatic heterocycles. The quantitative estimate of drug-likeness (QED) is 0.437. The van der Waals surface area contributed by atoms with E-state index in [0.717, 1.165) is 30.1 Å². The van der Waals surface area contributed by atoms with Gasteiger partial charge in [0.1, 0.15) is 16.4 Å². The van der Waals surface area contributed by atoms with Gasteiger partial charge in [-0.3, -0.25) is 0 Å². The Morgan fingerprint density at radius 1 is 0.971 bits per heavy atom. The van der Waals surface area contributed by atoms with E-state index in [2.05, 4.69) is 41.5 Å². The summed E-state index contributed by atoms with van der Waals surface area (Å²) in [6.45, 7) is 4.14. The molecule has 2 heterocycles.